The third-order valence-corrected chi connectivity index (χ3v) is 12.4. The van der Waals surface area contributed by atoms with E-state index in [1.807, 2.05) is 43.3 Å². The molecule has 3 aromatic rings. The van der Waals surface area contributed by atoms with E-state index in [1.54, 1.807) is 0 Å². The highest BCUT2D eigenvalue weighted by atomic mass is 28.4. The van der Waals surface area contributed by atoms with Crippen LogP contribution in [0.2, 0.25) is 5.04 Å². The topological polar surface area (TPSA) is 152 Å². The summed E-state index contributed by atoms with van der Waals surface area (Å²) in [5.74, 6) is 5.63. The van der Waals surface area contributed by atoms with Crippen molar-refractivity contribution in [2.24, 2.45) is 5.11 Å². The molecule has 0 aliphatic carbocycles. The largest absolute Gasteiger partial charge is 0.405 e. The predicted octanol–water partition coefficient (Wildman–Crippen LogP) is 3.18. The molecule has 4 atom stereocenters. The Hall–Kier alpha value is -3.95. The number of aromatic nitrogens is 2. The van der Waals surface area contributed by atoms with Crippen molar-refractivity contribution in [3.63, 3.8) is 0 Å². The summed E-state index contributed by atoms with van der Waals surface area (Å²) in [6, 6.07) is 20.3. The molecular weight excluding hydrogens is 566 g/mol. The molecule has 1 fully saturated rings. The fourth-order valence-corrected chi connectivity index (χ4v) is 10.0. The Morgan fingerprint density at radius 3 is 2.33 bits per heavy atom. The highest BCUT2D eigenvalue weighted by molar-refractivity contribution is 6.99. The van der Waals surface area contributed by atoms with Crippen LogP contribution in [-0.2, 0) is 13.9 Å². The number of aliphatic hydroxyl groups excluding tert-OH is 1. The van der Waals surface area contributed by atoms with Gasteiger partial charge in [0, 0.05) is 24.0 Å². The van der Waals surface area contributed by atoms with Crippen molar-refractivity contribution < 1.29 is 19.0 Å². The number of benzene rings is 2. The zero-order chi connectivity index (χ0) is 31.0. The van der Waals surface area contributed by atoms with E-state index in [-0.39, 0.29) is 23.6 Å². The maximum absolute atomic E-state index is 12.9. The number of H-pyrrole nitrogens is 1. The number of ether oxygens (including phenoxy) is 2. The lowest BCUT2D eigenvalue weighted by Crippen LogP contribution is -2.67. The molecular formula is C31H37N5O6Si. The molecule has 226 valence electrons. The molecule has 0 spiro atoms. The van der Waals surface area contributed by atoms with Gasteiger partial charge >= 0.3 is 5.69 Å². The third kappa shape index (κ3) is 7.00. The Labute approximate surface area is 251 Å². The second-order valence-electron chi connectivity index (χ2n) is 11.2. The fraction of sp³-hybridized carbons (Fsp3) is 0.419. The summed E-state index contributed by atoms with van der Waals surface area (Å²) < 4.78 is 20.7. The smallest absolute Gasteiger partial charge is 0.330 e. The van der Waals surface area contributed by atoms with Crippen molar-refractivity contribution in [2.45, 2.75) is 70.2 Å². The maximum atomic E-state index is 12.9. The quantitative estimate of drug-likeness (QED) is 0.119. The van der Waals surface area contributed by atoms with Gasteiger partial charge in [0.05, 0.1) is 19.3 Å². The molecule has 0 radical (unpaired) electrons. The van der Waals surface area contributed by atoms with Gasteiger partial charge in [0.15, 0.2) is 6.23 Å². The monoisotopic (exact) mass is 603 g/mol. The average Bonchev–Trinajstić information content (AvgIpc) is 3.39. The average molecular weight is 604 g/mol. The van der Waals surface area contributed by atoms with Gasteiger partial charge in [0.25, 0.3) is 13.9 Å². The van der Waals surface area contributed by atoms with Crippen LogP contribution in [0.1, 0.15) is 52.3 Å². The summed E-state index contributed by atoms with van der Waals surface area (Å²) in [4.78, 5) is 30.3. The first-order chi connectivity index (χ1) is 20.6. The van der Waals surface area contributed by atoms with Gasteiger partial charge < -0.3 is 19.0 Å². The van der Waals surface area contributed by atoms with Gasteiger partial charge in [-0.3, -0.25) is 14.3 Å². The summed E-state index contributed by atoms with van der Waals surface area (Å²) in [5.41, 5.74) is 7.88. The zero-order valence-electron chi connectivity index (χ0n) is 24.8. The van der Waals surface area contributed by atoms with Gasteiger partial charge in [-0.25, -0.2) is 4.79 Å². The van der Waals surface area contributed by atoms with Gasteiger partial charge in [0.1, 0.15) is 17.9 Å². The Balaban J connectivity index is 1.74. The van der Waals surface area contributed by atoms with Gasteiger partial charge in [-0.1, -0.05) is 105 Å². The minimum atomic E-state index is -2.95. The van der Waals surface area contributed by atoms with E-state index in [1.165, 1.54) is 10.8 Å². The maximum Gasteiger partial charge on any atom is 0.330 e. The Kier molecular flexibility index (Phi) is 10.4. The van der Waals surface area contributed by atoms with E-state index in [2.05, 4.69) is 71.9 Å². The first-order valence-electron chi connectivity index (χ1n) is 14.2. The van der Waals surface area contributed by atoms with Crippen LogP contribution >= 0.6 is 0 Å². The number of nitrogens with zero attached hydrogens (tertiary/aromatic N) is 4. The molecule has 0 amide bonds. The second kappa shape index (κ2) is 14.0. The van der Waals surface area contributed by atoms with Crippen LogP contribution in [0, 0.1) is 11.8 Å². The van der Waals surface area contributed by atoms with Crippen LogP contribution in [0.15, 0.2) is 81.6 Å². The number of hydrogen-bond donors (Lipinski definition) is 2. The van der Waals surface area contributed by atoms with Crippen molar-refractivity contribution in [3.8, 4) is 11.8 Å². The van der Waals surface area contributed by atoms with Crippen molar-refractivity contribution >= 4 is 18.7 Å². The highest BCUT2D eigenvalue weighted by Crippen LogP contribution is 2.38. The third-order valence-electron chi connectivity index (χ3n) is 7.41. The molecule has 1 aliphatic heterocycles. The van der Waals surface area contributed by atoms with Crippen LogP contribution < -0.4 is 21.6 Å². The normalized spacial score (nSPS) is 19.2. The van der Waals surface area contributed by atoms with Crippen molar-refractivity contribution in [3.05, 3.63) is 104 Å². The molecule has 1 aliphatic rings. The number of nitrogens with one attached hydrogen (secondary N) is 1. The fourth-order valence-electron chi connectivity index (χ4n) is 5.47. The minimum absolute atomic E-state index is 0.0868. The summed E-state index contributed by atoms with van der Waals surface area (Å²) in [6.45, 7) is 7.89. The molecule has 1 aromatic heterocycles. The van der Waals surface area contributed by atoms with Crippen molar-refractivity contribution in [2.75, 3.05) is 13.2 Å². The SMILES string of the molecule is CCC#Cc1cn([C@H]2CC(OC(CO)N=[N+]=[N-])[C@@H](CO[Si](c3ccccc3)(c3ccccc3)C(C)(C)C)O2)c(=O)[nH]c1=O. The standard InChI is InChI=1S/C31H37N5O6Si/c1-5-6-13-22-19-36(30(39)33-29(22)38)28-18-25(41-27(20-37)34-35-32)26(42-28)21-40-43(31(2,3)4,23-14-9-7-10-15-23)24-16-11-8-12-17-24/h7-12,14-17,19,25-28,37H,5,18,20-21H2,1-4H3,(H,33,38,39)/t25?,26-,27?,28-/m1/s1. The Bertz CT molecular complexity index is 1560. The highest BCUT2D eigenvalue weighted by Gasteiger charge is 2.51. The lowest BCUT2D eigenvalue weighted by molar-refractivity contribution is -0.0877. The molecule has 12 heteroatoms. The minimum Gasteiger partial charge on any atom is -0.405 e. The molecule has 43 heavy (non-hydrogen) atoms. The van der Waals surface area contributed by atoms with Crippen molar-refractivity contribution in [1.82, 2.24) is 9.55 Å². The first-order valence-corrected chi connectivity index (χ1v) is 16.1. The number of azide groups is 1. The van der Waals surface area contributed by atoms with Crippen LogP contribution in [0.3, 0.4) is 0 Å². The van der Waals surface area contributed by atoms with Gasteiger partial charge in [-0.15, -0.1) is 0 Å². The number of hydrogen-bond acceptors (Lipinski definition) is 7. The number of aliphatic hydroxyl groups is 1. The molecule has 4 rings (SSSR count). The van der Waals surface area contributed by atoms with Crippen LogP contribution in [0.25, 0.3) is 10.4 Å². The van der Waals surface area contributed by atoms with Gasteiger partial charge in [-0.2, -0.15) is 0 Å². The second-order valence-corrected chi connectivity index (χ2v) is 15.5. The van der Waals surface area contributed by atoms with Crippen LogP contribution in [0.4, 0.5) is 0 Å². The molecule has 1 saturated heterocycles. The van der Waals surface area contributed by atoms with E-state index < -0.39 is 50.8 Å². The zero-order valence-corrected chi connectivity index (χ0v) is 25.8. The summed E-state index contributed by atoms with van der Waals surface area (Å²) in [5, 5.41) is 15.2. The first kappa shape index (κ1) is 32.0. The Morgan fingerprint density at radius 2 is 1.79 bits per heavy atom. The van der Waals surface area contributed by atoms with E-state index in [0.717, 1.165) is 10.4 Å². The number of rotatable bonds is 10. The molecule has 0 bridgehead atoms. The van der Waals surface area contributed by atoms with E-state index >= 15 is 0 Å². The molecule has 0 saturated carbocycles. The Morgan fingerprint density at radius 1 is 1.16 bits per heavy atom. The number of aromatic amines is 1. The summed E-state index contributed by atoms with van der Waals surface area (Å²) in [7, 11) is -2.95. The molecule has 11 nitrogen and oxygen atoms in total. The predicted molar refractivity (Wildman–Crippen MR) is 165 cm³/mol. The molecule has 2 heterocycles. The van der Waals surface area contributed by atoms with E-state index in [9.17, 15) is 14.7 Å². The van der Waals surface area contributed by atoms with Crippen LogP contribution in [-0.4, -0.2) is 54.6 Å². The lowest BCUT2D eigenvalue weighted by atomic mass is 10.2. The molecule has 2 N–H and O–H groups in total. The summed E-state index contributed by atoms with van der Waals surface area (Å²) >= 11 is 0. The van der Waals surface area contributed by atoms with Crippen molar-refractivity contribution in [1.29, 1.82) is 0 Å². The summed E-state index contributed by atoms with van der Waals surface area (Å²) in [6.07, 6.45) is -1.33. The van der Waals surface area contributed by atoms with Gasteiger partial charge in [-0.05, 0) is 20.9 Å². The van der Waals surface area contributed by atoms with E-state index in [4.69, 9.17) is 19.4 Å². The van der Waals surface area contributed by atoms with Crippen LogP contribution in [0.5, 0.6) is 0 Å². The lowest BCUT2D eigenvalue weighted by Gasteiger charge is -2.43. The van der Waals surface area contributed by atoms with Gasteiger partial charge in [0.2, 0.25) is 0 Å². The molecule has 2 unspecified atom stereocenters. The van der Waals surface area contributed by atoms with E-state index in [0.29, 0.717) is 6.42 Å². The molecule has 2 aromatic carbocycles.